The second-order valence-corrected chi connectivity index (χ2v) is 7.07. The van der Waals surface area contributed by atoms with Crippen LogP contribution in [0.2, 0.25) is 0 Å². The lowest BCUT2D eigenvalue weighted by Crippen LogP contribution is -2.59. The topological polar surface area (TPSA) is 95.6 Å². The van der Waals surface area contributed by atoms with Gasteiger partial charge in [0.05, 0.1) is 12.3 Å². The molecule has 2 N–H and O–H groups in total. The number of nitrogens with zero attached hydrogens (tertiary/aromatic N) is 1. The fourth-order valence-electron chi connectivity index (χ4n) is 2.47. The fourth-order valence-corrected chi connectivity index (χ4v) is 4.48. The standard InChI is InChI=1S/C11H19N3O4S/c1-8-11(16)13-10(15)6-14(8)19(17,18)7-9-2-4-12-5-3-9/h8-9,12H,2-7H2,1H3,(H,13,15,16). The highest BCUT2D eigenvalue weighted by Gasteiger charge is 2.39. The van der Waals surface area contributed by atoms with Crippen LogP contribution >= 0.6 is 0 Å². The Labute approximate surface area is 112 Å². The van der Waals surface area contributed by atoms with E-state index in [1.54, 1.807) is 0 Å². The third kappa shape index (κ3) is 3.31. The average molecular weight is 289 g/mol. The zero-order valence-electron chi connectivity index (χ0n) is 10.9. The quantitative estimate of drug-likeness (QED) is 0.627. The van der Waals surface area contributed by atoms with Crippen LogP contribution in [0.3, 0.4) is 0 Å². The highest BCUT2D eigenvalue weighted by atomic mass is 32.2. The minimum atomic E-state index is -3.57. The highest BCUT2D eigenvalue weighted by molar-refractivity contribution is 7.89. The van der Waals surface area contributed by atoms with E-state index >= 15 is 0 Å². The van der Waals surface area contributed by atoms with Crippen molar-refractivity contribution >= 4 is 21.8 Å². The summed E-state index contributed by atoms with van der Waals surface area (Å²) in [7, 11) is -3.57. The molecule has 0 spiro atoms. The summed E-state index contributed by atoms with van der Waals surface area (Å²) in [6.45, 7) is 2.87. The third-order valence-corrected chi connectivity index (χ3v) is 5.69. The summed E-state index contributed by atoms with van der Waals surface area (Å²) >= 11 is 0. The zero-order valence-corrected chi connectivity index (χ0v) is 11.7. The molecule has 2 aliphatic heterocycles. The summed E-state index contributed by atoms with van der Waals surface area (Å²) in [6.07, 6.45) is 1.61. The number of hydrogen-bond acceptors (Lipinski definition) is 5. The minimum absolute atomic E-state index is 0.0135. The number of rotatable bonds is 3. The van der Waals surface area contributed by atoms with E-state index in [-0.39, 0.29) is 18.2 Å². The second-order valence-electron chi connectivity index (χ2n) is 5.11. The molecule has 19 heavy (non-hydrogen) atoms. The van der Waals surface area contributed by atoms with Gasteiger partial charge in [-0.05, 0) is 38.8 Å². The Hall–Kier alpha value is -0.990. The Morgan fingerprint density at radius 1 is 1.26 bits per heavy atom. The molecule has 8 heteroatoms. The molecule has 0 radical (unpaired) electrons. The van der Waals surface area contributed by atoms with Crippen molar-refractivity contribution in [2.75, 3.05) is 25.4 Å². The number of hydrogen-bond donors (Lipinski definition) is 2. The smallest absolute Gasteiger partial charge is 0.244 e. The maximum atomic E-state index is 12.3. The SMILES string of the molecule is CC1C(=O)NC(=O)CN1S(=O)(=O)CC1CCNCC1. The van der Waals surface area contributed by atoms with Gasteiger partial charge in [0.15, 0.2) is 0 Å². The normalized spacial score (nSPS) is 27.3. The highest BCUT2D eigenvalue weighted by Crippen LogP contribution is 2.19. The largest absolute Gasteiger partial charge is 0.317 e. The average Bonchev–Trinajstić information content (AvgIpc) is 2.34. The van der Waals surface area contributed by atoms with E-state index in [9.17, 15) is 18.0 Å². The number of piperidine rings is 1. The molecule has 2 rings (SSSR count). The maximum absolute atomic E-state index is 12.3. The number of amides is 2. The molecule has 0 aromatic rings. The van der Waals surface area contributed by atoms with E-state index < -0.39 is 27.9 Å². The molecule has 0 aliphatic carbocycles. The van der Waals surface area contributed by atoms with E-state index in [0.717, 1.165) is 30.2 Å². The predicted molar refractivity (Wildman–Crippen MR) is 68.7 cm³/mol. The van der Waals surface area contributed by atoms with Crippen molar-refractivity contribution in [2.24, 2.45) is 5.92 Å². The second kappa shape index (κ2) is 5.56. The number of nitrogens with one attached hydrogen (secondary N) is 2. The Morgan fingerprint density at radius 2 is 1.89 bits per heavy atom. The van der Waals surface area contributed by atoms with E-state index in [1.165, 1.54) is 6.92 Å². The first kappa shape index (κ1) is 14.4. The number of carbonyl (C=O) groups is 2. The molecule has 1 atom stereocenters. The molecule has 0 aromatic heterocycles. The molecule has 1 unspecified atom stereocenters. The molecule has 2 aliphatic rings. The fraction of sp³-hybridized carbons (Fsp3) is 0.818. The van der Waals surface area contributed by atoms with Gasteiger partial charge in [-0.15, -0.1) is 0 Å². The summed E-state index contributed by atoms with van der Waals surface area (Å²) in [6, 6.07) is -0.815. The van der Waals surface area contributed by atoms with Crippen molar-refractivity contribution in [1.82, 2.24) is 14.9 Å². The zero-order chi connectivity index (χ0) is 14.0. The van der Waals surface area contributed by atoms with Gasteiger partial charge in [0, 0.05) is 0 Å². The summed E-state index contributed by atoms with van der Waals surface area (Å²) in [4.78, 5) is 22.8. The van der Waals surface area contributed by atoms with Gasteiger partial charge >= 0.3 is 0 Å². The van der Waals surface area contributed by atoms with Crippen LogP contribution in [0, 0.1) is 5.92 Å². The van der Waals surface area contributed by atoms with E-state index in [0.29, 0.717) is 0 Å². The van der Waals surface area contributed by atoms with Crippen molar-refractivity contribution in [3.8, 4) is 0 Å². The van der Waals surface area contributed by atoms with E-state index in [2.05, 4.69) is 10.6 Å². The van der Waals surface area contributed by atoms with Crippen LogP contribution in [0.25, 0.3) is 0 Å². The van der Waals surface area contributed by atoms with Crippen LogP contribution in [0.1, 0.15) is 19.8 Å². The molecular weight excluding hydrogens is 270 g/mol. The van der Waals surface area contributed by atoms with Crippen LogP contribution in [0.5, 0.6) is 0 Å². The molecule has 0 saturated carbocycles. The van der Waals surface area contributed by atoms with Gasteiger partial charge in [0.1, 0.15) is 6.04 Å². The van der Waals surface area contributed by atoms with Crippen molar-refractivity contribution in [2.45, 2.75) is 25.8 Å². The summed E-state index contributed by atoms with van der Waals surface area (Å²) in [5.41, 5.74) is 0. The van der Waals surface area contributed by atoms with Crippen LogP contribution in [-0.4, -0.2) is 56.0 Å². The van der Waals surface area contributed by atoms with Gasteiger partial charge in [-0.3, -0.25) is 14.9 Å². The van der Waals surface area contributed by atoms with Crippen LogP contribution in [0.15, 0.2) is 0 Å². The van der Waals surface area contributed by atoms with Gasteiger partial charge in [-0.25, -0.2) is 8.42 Å². The lowest BCUT2D eigenvalue weighted by atomic mass is 10.0. The Morgan fingerprint density at radius 3 is 2.53 bits per heavy atom. The molecule has 108 valence electrons. The summed E-state index contributed by atoms with van der Waals surface area (Å²) in [5, 5.41) is 5.32. The van der Waals surface area contributed by atoms with Crippen molar-refractivity contribution in [3.05, 3.63) is 0 Å². The number of carbonyl (C=O) groups excluding carboxylic acids is 2. The molecule has 2 amide bonds. The number of sulfonamides is 1. The molecule has 0 aromatic carbocycles. The maximum Gasteiger partial charge on any atom is 0.244 e. The molecule has 2 saturated heterocycles. The summed E-state index contributed by atoms with van der Waals surface area (Å²) in [5.74, 6) is -1.000. The third-order valence-electron chi connectivity index (χ3n) is 3.64. The lowest BCUT2D eigenvalue weighted by Gasteiger charge is -2.32. The van der Waals surface area contributed by atoms with E-state index in [1.807, 2.05) is 0 Å². The monoisotopic (exact) mass is 289 g/mol. The molecule has 2 fully saturated rings. The van der Waals surface area contributed by atoms with Crippen LogP contribution in [-0.2, 0) is 19.6 Å². The Balaban J connectivity index is 2.09. The Kier molecular flexibility index (Phi) is 4.22. The number of imide groups is 1. The van der Waals surface area contributed by atoms with Crippen LogP contribution < -0.4 is 10.6 Å². The first-order valence-electron chi connectivity index (χ1n) is 6.44. The first-order valence-corrected chi connectivity index (χ1v) is 8.05. The molecule has 0 bridgehead atoms. The van der Waals surface area contributed by atoms with Gasteiger partial charge in [-0.1, -0.05) is 0 Å². The van der Waals surface area contributed by atoms with Crippen molar-refractivity contribution in [1.29, 1.82) is 0 Å². The lowest BCUT2D eigenvalue weighted by molar-refractivity contribution is -0.136. The number of piperazine rings is 1. The van der Waals surface area contributed by atoms with Gasteiger partial charge in [-0.2, -0.15) is 4.31 Å². The van der Waals surface area contributed by atoms with Gasteiger partial charge in [0.2, 0.25) is 21.8 Å². The van der Waals surface area contributed by atoms with Gasteiger partial charge < -0.3 is 5.32 Å². The van der Waals surface area contributed by atoms with Crippen LogP contribution in [0.4, 0.5) is 0 Å². The van der Waals surface area contributed by atoms with Crippen molar-refractivity contribution < 1.29 is 18.0 Å². The molecular formula is C11H19N3O4S. The Bertz CT molecular complexity index is 470. The minimum Gasteiger partial charge on any atom is -0.317 e. The van der Waals surface area contributed by atoms with E-state index in [4.69, 9.17) is 0 Å². The molecule has 2 heterocycles. The summed E-state index contributed by atoms with van der Waals surface area (Å²) < 4.78 is 25.7. The predicted octanol–water partition coefficient (Wildman–Crippen LogP) is -1.34. The van der Waals surface area contributed by atoms with Crippen molar-refractivity contribution in [3.63, 3.8) is 0 Å². The van der Waals surface area contributed by atoms with Gasteiger partial charge in [0.25, 0.3) is 0 Å². The molecule has 7 nitrogen and oxygen atoms in total. The first-order chi connectivity index (χ1) is 8.90.